The fraction of sp³-hybridized carbons (Fsp3) is 1.00. The first-order valence-electron chi connectivity index (χ1n) is 1.49. The number of hydrogen-bond acceptors (Lipinski definition) is 0. The molecule has 0 aliphatic heterocycles. The van der Waals surface area contributed by atoms with Gasteiger partial charge in [0, 0.05) is 0 Å². The zero-order valence-electron chi connectivity index (χ0n) is 3.07. The molecule has 0 saturated carbocycles. The summed E-state index contributed by atoms with van der Waals surface area (Å²) in [6, 6.07) is 0. The van der Waals surface area contributed by atoms with E-state index in [-0.39, 0.29) is 0 Å². The molecule has 0 aromatic rings. The van der Waals surface area contributed by atoms with Crippen molar-refractivity contribution in [1.29, 1.82) is 0 Å². The second-order valence-electron chi connectivity index (χ2n) is 0.947. The zero-order valence-corrected chi connectivity index (χ0v) is 6.99. The van der Waals surface area contributed by atoms with Gasteiger partial charge in [0.2, 0.25) is 0 Å². The molecule has 0 fully saturated rings. The third-order valence-electron chi connectivity index (χ3n) is 0.230. The molecule has 31 valence electrons. The van der Waals surface area contributed by atoms with Gasteiger partial charge >= 0.3 is 54.4 Å². The molecule has 0 spiro atoms. The van der Waals surface area contributed by atoms with Crippen molar-refractivity contribution in [3.63, 3.8) is 0 Å². The maximum atomic E-state index is 3.38. The van der Waals surface area contributed by atoms with Gasteiger partial charge in [0.15, 0.2) is 0 Å². The van der Waals surface area contributed by atoms with Gasteiger partial charge in [0.25, 0.3) is 0 Å². The van der Waals surface area contributed by atoms with Crippen LogP contribution in [0.25, 0.3) is 0 Å². The van der Waals surface area contributed by atoms with Crippen LogP contribution in [0.15, 0.2) is 0 Å². The van der Waals surface area contributed by atoms with E-state index in [0.717, 1.165) is 0 Å². The molecule has 1 unspecified atom stereocenters. The Balaban J connectivity index is 2.54. The molecule has 0 saturated heterocycles. The first-order chi connectivity index (χ1) is 2.27. The van der Waals surface area contributed by atoms with Crippen molar-refractivity contribution in [2.24, 2.45) is 0 Å². The van der Waals surface area contributed by atoms with Gasteiger partial charge in [-0.3, -0.25) is 0 Å². The first kappa shape index (κ1) is 6.27. The van der Waals surface area contributed by atoms with Crippen LogP contribution >= 0.6 is 15.9 Å². The molecule has 1 radical (unpaired) electrons. The summed E-state index contributed by atoms with van der Waals surface area (Å²) in [7, 11) is 0. The Hall–Kier alpha value is 1.27. The number of halogens is 1. The van der Waals surface area contributed by atoms with Gasteiger partial charge < -0.3 is 0 Å². The van der Waals surface area contributed by atoms with Crippen LogP contribution in [0.2, 0.25) is 4.47 Å². The van der Waals surface area contributed by atoms with E-state index in [1.165, 1.54) is 4.47 Å². The fourth-order valence-electron chi connectivity index (χ4n) is 0. The molecule has 0 aromatic heterocycles. The second kappa shape index (κ2) is 3.46. The minimum absolute atomic E-state index is 0.701. The molecule has 0 aromatic carbocycles. The van der Waals surface area contributed by atoms with Crippen molar-refractivity contribution >= 4 is 38.2 Å². The van der Waals surface area contributed by atoms with Crippen molar-refractivity contribution in [1.82, 2.24) is 0 Å². The molecule has 0 aliphatic carbocycles. The summed E-state index contributed by atoms with van der Waals surface area (Å²) in [5.74, 6) is 0. The van der Waals surface area contributed by atoms with E-state index >= 15 is 0 Å². The predicted molar refractivity (Wildman–Crippen MR) is 28.9 cm³/mol. The van der Waals surface area contributed by atoms with Gasteiger partial charge in [-0.15, -0.1) is 0 Å². The van der Waals surface area contributed by atoms with E-state index in [9.17, 15) is 0 Å². The average molecular weight is 250 g/mol. The molecule has 2 heteroatoms. The van der Waals surface area contributed by atoms with Crippen molar-refractivity contribution in [2.45, 2.75) is 16.2 Å². The van der Waals surface area contributed by atoms with E-state index in [1.807, 2.05) is 0 Å². The predicted octanol–water partition coefficient (Wildman–Crippen LogP) is 1.36. The van der Waals surface area contributed by atoms with Crippen LogP contribution in [0.1, 0.15) is 6.92 Å². The van der Waals surface area contributed by atoms with Gasteiger partial charge in [0.05, 0.1) is 0 Å². The first-order valence-corrected chi connectivity index (χ1v) is 4.06. The minimum atomic E-state index is 0.701. The third kappa shape index (κ3) is 5.27. The molecule has 1 atom stereocenters. The zero-order chi connectivity index (χ0) is 4.28. The molecular formula is C3H6BrTe. The van der Waals surface area contributed by atoms with E-state index in [4.69, 9.17) is 0 Å². The van der Waals surface area contributed by atoms with Crippen molar-refractivity contribution < 1.29 is 0 Å². The number of alkyl halides is 1. The third-order valence-corrected chi connectivity index (χ3v) is 3.31. The molecular weight excluding hydrogens is 244 g/mol. The summed E-state index contributed by atoms with van der Waals surface area (Å²) < 4.78 is 1.23. The van der Waals surface area contributed by atoms with Gasteiger partial charge in [-0.2, -0.15) is 0 Å². The summed E-state index contributed by atoms with van der Waals surface area (Å²) in [4.78, 5) is 0.701. The molecule has 0 bridgehead atoms. The molecule has 0 N–H and O–H groups in total. The van der Waals surface area contributed by atoms with Crippen LogP contribution in [0.4, 0.5) is 0 Å². The summed E-state index contributed by atoms with van der Waals surface area (Å²) in [5.41, 5.74) is 0. The van der Waals surface area contributed by atoms with Crippen molar-refractivity contribution in [2.75, 3.05) is 0 Å². The van der Waals surface area contributed by atoms with Gasteiger partial charge in [0.1, 0.15) is 0 Å². The van der Waals surface area contributed by atoms with E-state index in [2.05, 4.69) is 45.1 Å². The standard InChI is InChI=1S/C3H6BrTe/c1-3(4)2-5/h3H,2H2,1H3. The van der Waals surface area contributed by atoms with Crippen molar-refractivity contribution in [3.8, 4) is 0 Å². The quantitative estimate of drug-likeness (QED) is 0.486. The van der Waals surface area contributed by atoms with Crippen LogP contribution in [0.5, 0.6) is 0 Å². The summed E-state index contributed by atoms with van der Waals surface area (Å²) in [5, 5.41) is 0. The second-order valence-corrected chi connectivity index (χ2v) is 3.46. The Morgan fingerprint density at radius 1 is 2.00 bits per heavy atom. The Bertz CT molecular complexity index is 20.9. The van der Waals surface area contributed by atoms with Crippen LogP contribution in [0, 0.1) is 0 Å². The van der Waals surface area contributed by atoms with E-state index in [0.29, 0.717) is 4.83 Å². The molecule has 0 rings (SSSR count). The summed E-state index contributed by atoms with van der Waals surface area (Å²) >= 11 is 5.47. The number of rotatable bonds is 1. The van der Waals surface area contributed by atoms with Crippen LogP contribution in [0.3, 0.4) is 0 Å². The van der Waals surface area contributed by atoms with Crippen LogP contribution in [-0.2, 0) is 0 Å². The Morgan fingerprint density at radius 2 is 2.20 bits per heavy atom. The normalized spacial score (nSPS) is 15.0. The topological polar surface area (TPSA) is 0 Å². The molecule has 5 heavy (non-hydrogen) atoms. The number of hydrogen-bond donors (Lipinski definition) is 0. The van der Waals surface area contributed by atoms with Crippen molar-refractivity contribution in [3.05, 3.63) is 0 Å². The maximum absolute atomic E-state index is 3.38. The molecule has 0 nitrogen and oxygen atoms in total. The Morgan fingerprint density at radius 3 is 2.20 bits per heavy atom. The monoisotopic (exact) mass is 251 g/mol. The van der Waals surface area contributed by atoms with Gasteiger partial charge in [-0.25, -0.2) is 0 Å². The van der Waals surface area contributed by atoms with E-state index < -0.39 is 0 Å². The van der Waals surface area contributed by atoms with Crippen LogP contribution < -0.4 is 0 Å². The Kier molecular flexibility index (Phi) is 4.34. The van der Waals surface area contributed by atoms with Gasteiger partial charge in [-0.1, -0.05) is 0 Å². The van der Waals surface area contributed by atoms with E-state index in [1.54, 1.807) is 0 Å². The average Bonchev–Trinajstić information content (AvgIpc) is 1.38. The SMILES string of the molecule is CC(Br)C[Te]. The summed E-state index contributed by atoms with van der Waals surface area (Å²) in [6.45, 7) is 2.14. The summed E-state index contributed by atoms with van der Waals surface area (Å²) in [6.07, 6.45) is 0. The molecule has 0 amide bonds. The molecule has 0 aliphatic rings. The molecule has 0 heterocycles. The van der Waals surface area contributed by atoms with Gasteiger partial charge in [-0.05, 0) is 0 Å². The Labute approximate surface area is 54.4 Å². The van der Waals surface area contributed by atoms with Crippen LogP contribution in [-0.4, -0.2) is 27.1 Å². The fourth-order valence-corrected chi connectivity index (χ4v) is 0.